The van der Waals surface area contributed by atoms with E-state index >= 15 is 0 Å². The van der Waals surface area contributed by atoms with Crippen LogP contribution in [0.2, 0.25) is 0 Å². The van der Waals surface area contributed by atoms with E-state index in [2.05, 4.69) is 11.8 Å². The highest BCUT2D eigenvalue weighted by atomic mass is 16.3. The molecule has 1 N–H and O–H groups in total. The fourth-order valence-electron chi connectivity index (χ4n) is 3.01. The molecule has 0 radical (unpaired) electrons. The Labute approximate surface area is 110 Å². The van der Waals surface area contributed by atoms with Gasteiger partial charge >= 0.3 is 0 Å². The number of β-amino-alcohol motifs (C(OH)–C–C–N with tert-alkyl or cyclic N) is 1. The van der Waals surface area contributed by atoms with Crippen LogP contribution in [0.15, 0.2) is 0 Å². The Bertz CT molecular complexity index is 283. The Kier molecular flexibility index (Phi) is 5.01. The first-order chi connectivity index (χ1) is 8.65. The van der Waals surface area contributed by atoms with Gasteiger partial charge in [0.25, 0.3) is 0 Å². The van der Waals surface area contributed by atoms with Crippen molar-refractivity contribution in [1.29, 1.82) is 0 Å². The number of carbonyl (C=O) groups excluding carboxylic acids is 1. The van der Waals surface area contributed by atoms with Crippen LogP contribution in [0.3, 0.4) is 0 Å². The van der Waals surface area contributed by atoms with Crippen LogP contribution >= 0.6 is 0 Å². The van der Waals surface area contributed by atoms with E-state index in [0.717, 1.165) is 38.5 Å². The maximum absolute atomic E-state index is 11.5. The van der Waals surface area contributed by atoms with Gasteiger partial charge in [0, 0.05) is 26.1 Å². The van der Waals surface area contributed by atoms with Crippen LogP contribution < -0.4 is 0 Å². The molecule has 104 valence electrons. The molecule has 0 aromatic heterocycles. The summed E-state index contributed by atoms with van der Waals surface area (Å²) in [5.41, 5.74) is 0. The zero-order valence-electron chi connectivity index (χ0n) is 11.5. The van der Waals surface area contributed by atoms with Crippen molar-refractivity contribution in [1.82, 2.24) is 9.80 Å². The minimum atomic E-state index is -0.388. The number of nitrogens with zero attached hydrogens (tertiary/aromatic N) is 2. The molecule has 2 saturated heterocycles. The number of carbonyl (C=O) groups is 1. The van der Waals surface area contributed by atoms with Crippen molar-refractivity contribution in [2.24, 2.45) is 5.92 Å². The fraction of sp³-hybridized carbons (Fsp3) is 0.929. The Balaban J connectivity index is 1.72. The van der Waals surface area contributed by atoms with E-state index in [1.807, 2.05) is 4.90 Å². The Hall–Kier alpha value is -0.610. The summed E-state index contributed by atoms with van der Waals surface area (Å²) in [6, 6.07) is 0. The molecule has 4 heteroatoms. The van der Waals surface area contributed by atoms with E-state index in [0.29, 0.717) is 13.0 Å². The minimum absolute atomic E-state index is 0.207. The molecule has 2 unspecified atom stereocenters. The first-order valence-corrected chi connectivity index (χ1v) is 7.33. The predicted octanol–water partition coefficient (Wildman–Crippen LogP) is 1.09. The average molecular weight is 254 g/mol. The summed E-state index contributed by atoms with van der Waals surface area (Å²) in [5.74, 6) is 1.02. The Morgan fingerprint density at radius 2 is 2.06 bits per heavy atom. The van der Waals surface area contributed by atoms with Crippen molar-refractivity contribution in [3.05, 3.63) is 0 Å². The summed E-state index contributed by atoms with van der Waals surface area (Å²) in [7, 11) is 0. The molecule has 0 saturated carbocycles. The molecular weight excluding hydrogens is 228 g/mol. The van der Waals surface area contributed by atoms with Crippen LogP contribution in [0, 0.1) is 5.92 Å². The maximum Gasteiger partial charge on any atom is 0.222 e. The van der Waals surface area contributed by atoms with Crippen molar-refractivity contribution in [2.75, 3.05) is 32.7 Å². The predicted molar refractivity (Wildman–Crippen MR) is 71.3 cm³/mol. The number of likely N-dealkylation sites (tertiary alicyclic amines) is 2. The van der Waals surface area contributed by atoms with Crippen LogP contribution in [0.5, 0.6) is 0 Å². The van der Waals surface area contributed by atoms with Gasteiger partial charge in [-0.05, 0) is 44.7 Å². The highest BCUT2D eigenvalue weighted by molar-refractivity contribution is 5.78. The lowest BCUT2D eigenvalue weighted by Crippen LogP contribution is -2.41. The number of rotatable bonds is 4. The molecule has 0 spiro atoms. The molecule has 2 heterocycles. The monoisotopic (exact) mass is 254 g/mol. The molecular formula is C14H26N2O2. The van der Waals surface area contributed by atoms with Gasteiger partial charge in [-0.25, -0.2) is 0 Å². The van der Waals surface area contributed by atoms with Gasteiger partial charge in [0.05, 0.1) is 6.10 Å². The van der Waals surface area contributed by atoms with Crippen LogP contribution in [-0.2, 0) is 4.79 Å². The smallest absolute Gasteiger partial charge is 0.222 e. The molecule has 1 amide bonds. The molecule has 2 rings (SSSR count). The standard InChI is InChI=1S/C14H26N2O2/c1-12-4-2-7-15(9-6-12)10-13(17)11-16-8-3-5-14(16)18/h12-13,17H,2-11H2,1H3. The minimum Gasteiger partial charge on any atom is -0.390 e. The van der Waals surface area contributed by atoms with Crippen LogP contribution in [-0.4, -0.2) is 59.6 Å². The molecule has 2 aliphatic rings. The van der Waals surface area contributed by atoms with Crippen LogP contribution in [0.1, 0.15) is 39.0 Å². The Morgan fingerprint density at radius 1 is 1.22 bits per heavy atom. The first kappa shape index (κ1) is 13.8. The lowest BCUT2D eigenvalue weighted by atomic mass is 10.0. The highest BCUT2D eigenvalue weighted by Gasteiger charge is 2.24. The summed E-state index contributed by atoms with van der Waals surface area (Å²) in [4.78, 5) is 15.7. The number of aliphatic hydroxyl groups excluding tert-OH is 1. The molecule has 0 aromatic carbocycles. The van der Waals surface area contributed by atoms with Gasteiger partial charge in [0.2, 0.25) is 5.91 Å². The third-order valence-electron chi connectivity index (χ3n) is 4.18. The van der Waals surface area contributed by atoms with Gasteiger partial charge in [0.15, 0.2) is 0 Å². The first-order valence-electron chi connectivity index (χ1n) is 7.33. The van der Waals surface area contributed by atoms with E-state index in [1.165, 1.54) is 19.3 Å². The molecule has 18 heavy (non-hydrogen) atoms. The summed E-state index contributed by atoms with van der Waals surface area (Å²) in [6.07, 6.45) is 4.99. The molecule has 2 aliphatic heterocycles. The third-order valence-corrected chi connectivity index (χ3v) is 4.18. The number of hydrogen-bond donors (Lipinski definition) is 1. The van der Waals surface area contributed by atoms with Crippen molar-refractivity contribution >= 4 is 5.91 Å². The zero-order valence-corrected chi connectivity index (χ0v) is 11.5. The highest BCUT2D eigenvalue weighted by Crippen LogP contribution is 2.17. The number of aliphatic hydroxyl groups is 1. The summed E-state index contributed by atoms with van der Waals surface area (Å²) >= 11 is 0. The van der Waals surface area contributed by atoms with Gasteiger partial charge in [0.1, 0.15) is 0 Å². The largest absolute Gasteiger partial charge is 0.390 e. The van der Waals surface area contributed by atoms with Gasteiger partial charge in [-0.3, -0.25) is 4.79 Å². The topological polar surface area (TPSA) is 43.8 Å². The normalized spacial score (nSPS) is 28.4. The SMILES string of the molecule is CC1CCCN(CC(O)CN2CCCC2=O)CC1. The number of amides is 1. The molecule has 2 fully saturated rings. The number of hydrogen-bond acceptors (Lipinski definition) is 3. The lowest BCUT2D eigenvalue weighted by molar-refractivity contribution is -0.129. The molecule has 2 atom stereocenters. The van der Waals surface area contributed by atoms with E-state index in [1.54, 1.807) is 0 Å². The van der Waals surface area contributed by atoms with E-state index in [-0.39, 0.29) is 12.0 Å². The molecule has 0 aromatic rings. The van der Waals surface area contributed by atoms with Crippen LogP contribution in [0.4, 0.5) is 0 Å². The second-order valence-corrected chi connectivity index (χ2v) is 5.93. The quantitative estimate of drug-likeness (QED) is 0.817. The van der Waals surface area contributed by atoms with Crippen molar-refractivity contribution in [3.63, 3.8) is 0 Å². The van der Waals surface area contributed by atoms with Gasteiger partial charge < -0.3 is 14.9 Å². The summed E-state index contributed by atoms with van der Waals surface area (Å²) in [5, 5.41) is 10.1. The summed E-state index contributed by atoms with van der Waals surface area (Å²) < 4.78 is 0. The Morgan fingerprint density at radius 3 is 2.78 bits per heavy atom. The van der Waals surface area contributed by atoms with Gasteiger partial charge in [-0.2, -0.15) is 0 Å². The van der Waals surface area contributed by atoms with E-state index in [4.69, 9.17) is 0 Å². The second-order valence-electron chi connectivity index (χ2n) is 5.93. The van der Waals surface area contributed by atoms with E-state index in [9.17, 15) is 9.90 Å². The second kappa shape index (κ2) is 6.53. The zero-order chi connectivity index (χ0) is 13.0. The maximum atomic E-state index is 11.5. The van der Waals surface area contributed by atoms with E-state index < -0.39 is 0 Å². The molecule has 0 aliphatic carbocycles. The molecule has 4 nitrogen and oxygen atoms in total. The van der Waals surface area contributed by atoms with Crippen LogP contribution in [0.25, 0.3) is 0 Å². The average Bonchev–Trinajstić information content (AvgIpc) is 2.59. The van der Waals surface area contributed by atoms with Crippen molar-refractivity contribution < 1.29 is 9.90 Å². The summed E-state index contributed by atoms with van der Waals surface area (Å²) in [6.45, 7) is 6.55. The third kappa shape index (κ3) is 3.95. The van der Waals surface area contributed by atoms with Gasteiger partial charge in [-0.15, -0.1) is 0 Å². The van der Waals surface area contributed by atoms with Crippen molar-refractivity contribution in [2.45, 2.75) is 45.1 Å². The van der Waals surface area contributed by atoms with Gasteiger partial charge in [-0.1, -0.05) is 6.92 Å². The van der Waals surface area contributed by atoms with Crippen molar-refractivity contribution in [3.8, 4) is 0 Å². The lowest BCUT2D eigenvalue weighted by Gasteiger charge is -2.26. The fourth-order valence-corrected chi connectivity index (χ4v) is 3.01. The molecule has 0 bridgehead atoms.